The number of benzene rings is 3. The molecule has 5 rings (SSSR count). The topological polar surface area (TPSA) is 168 Å². The smallest absolute Gasteiger partial charge is 0.356 e. The third kappa shape index (κ3) is 8.00. The van der Waals surface area contributed by atoms with E-state index in [1.54, 1.807) is 24.3 Å². The van der Waals surface area contributed by atoms with Crippen molar-refractivity contribution >= 4 is 27.7 Å². The fraction of sp³-hybridized carbons (Fsp3) is 0.281. The van der Waals surface area contributed by atoms with Crippen molar-refractivity contribution in [3.8, 4) is 11.5 Å². The highest BCUT2D eigenvalue weighted by Gasteiger charge is 2.41. The summed E-state index contributed by atoms with van der Waals surface area (Å²) >= 11 is 0. The van der Waals surface area contributed by atoms with Crippen LogP contribution in [0.4, 0.5) is 14.9 Å². The molecule has 1 aliphatic heterocycles. The number of nitrogens with one attached hydrogen (secondary N) is 2. The zero-order valence-corrected chi connectivity index (χ0v) is 26.0. The predicted octanol–water partition coefficient (Wildman–Crippen LogP) is 3.76. The number of carbonyl (C=O) groups excluding carboxylic acids is 2. The van der Waals surface area contributed by atoms with E-state index < -0.39 is 28.1 Å². The van der Waals surface area contributed by atoms with Gasteiger partial charge in [-0.25, -0.2) is 14.2 Å². The molecule has 46 heavy (non-hydrogen) atoms. The van der Waals surface area contributed by atoms with Crippen molar-refractivity contribution < 1.29 is 36.2 Å². The first-order valence-corrected chi connectivity index (χ1v) is 16.1. The number of nitrogens with zero attached hydrogens (tertiary/aromatic N) is 3. The van der Waals surface area contributed by atoms with Crippen molar-refractivity contribution in [3.05, 3.63) is 102 Å². The van der Waals surface area contributed by atoms with E-state index in [0.29, 0.717) is 35.2 Å². The second-order valence-corrected chi connectivity index (χ2v) is 13.2. The van der Waals surface area contributed by atoms with E-state index >= 15 is 0 Å². The summed E-state index contributed by atoms with van der Waals surface area (Å²) in [6.45, 7) is 1.95. The van der Waals surface area contributed by atoms with Gasteiger partial charge in [0, 0.05) is 17.7 Å². The second kappa shape index (κ2) is 13.6. The number of piperidine rings is 1. The minimum atomic E-state index is -4.12. The molecular formula is C32H36FN6O6S+. The maximum absolute atomic E-state index is 14.1. The Kier molecular flexibility index (Phi) is 9.58. The first-order chi connectivity index (χ1) is 21.9. The van der Waals surface area contributed by atoms with E-state index in [0.717, 1.165) is 24.7 Å². The van der Waals surface area contributed by atoms with Gasteiger partial charge in [0.05, 0.1) is 38.7 Å². The number of imidazole rings is 1. The van der Waals surface area contributed by atoms with Crippen LogP contribution in [0.1, 0.15) is 24.0 Å². The van der Waals surface area contributed by atoms with E-state index in [9.17, 15) is 27.5 Å². The molecule has 242 valence electrons. The molecule has 2 heterocycles. The maximum Gasteiger partial charge on any atom is 0.356 e. The van der Waals surface area contributed by atoms with E-state index in [-0.39, 0.29) is 34.8 Å². The maximum atomic E-state index is 14.1. The molecule has 0 bridgehead atoms. The average Bonchev–Trinajstić information content (AvgIpc) is 3.56. The van der Waals surface area contributed by atoms with Gasteiger partial charge in [0.1, 0.15) is 29.9 Å². The molecule has 1 aliphatic rings. The molecule has 1 fully saturated rings. The number of halogens is 1. The van der Waals surface area contributed by atoms with Crippen LogP contribution in [-0.2, 0) is 27.9 Å². The lowest BCUT2D eigenvalue weighted by molar-refractivity contribution is -0.928. The monoisotopic (exact) mass is 651 g/mol. The molecule has 12 nitrogen and oxygen atoms in total. The van der Waals surface area contributed by atoms with Crippen LogP contribution in [0.5, 0.6) is 11.5 Å². The first kappa shape index (κ1) is 32.4. The van der Waals surface area contributed by atoms with E-state index in [1.807, 2.05) is 0 Å². The number of aromatic hydroxyl groups is 1. The largest absolute Gasteiger partial charge is 0.508 e. The molecule has 3 amide bonds. The number of anilines is 1. The van der Waals surface area contributed by atoms with Crippen molar-refractivity contribution in [1.29, 1.82) is 0 Å². The van der Waals surface area contributed by atoms with Crippen LogP contribution in [0.15, 0.2) is 90.3 Å². The van der Waals surface area contributed by atoms with Crippen LogP contribution in [-0.4, -0.2) is 77.0 Å². The van der Waals surface area contributed by atoms with Crippen molar-refractivity contribution in [2.45, 2.75) is 42.9 Å². The molecule has 5 N–H and O–H groups in total. The molecule has 0 radical (unpaired) electrons. The highest BCUT2D eigenvalue weighted by Crippen LogP contribution is 2.28. The molecule has 1 aromatic heterocycles. The Balaban J connectivity index is 1.39. The number of H-pyrrole nitrogens is 1. The van der Waals surface area contributed by atoms with Crippen molar-refractivity contribution in [1.82, 2.24) is 14.9 Å². The van der Waals surface area contributed by atoms with Crippen LogP contribution in [0.3, 0.4) is 0 Å². The number of phenolic OH excluding ortho intramolecular Hbond substituents is 1. The number of likely N-dealkylation sites (N-methyl/N-ethyl adjacent to an activating group) is 1. The van der Waals surface area contributed by atoms with Crippen LogP contribution < -0.4 is 15.2 Å². The zero-order valence-electron chi connectivity index (χ0n) is 25.2. The van der Waals surface area contributed by atoms with Gasteiger partial charge >= 0.3 is 16.1 Å². The lowest BCUT2D eigenvalue weighted by Gasteiger charge is -2.46. The molecule has 3 atom stereocenters. The summed E-state index contributed by atoms with van der Waals surface area (Å²) in [5, 5.41) is 12.4. The van der Waals surface area contributed by atoms with Crippen molar-refractivity contribution in [3.63, 3.8) is 0 Å². The Bertz CT molecular complexity index is 1750. The van der Waals surface area contributed by atoms with Crippen LogP contribution in [0.25, 0.3) is 0 Å². The third-order valence-corrected chi connectivity index (χ3v) is 9.25. The minimum Gasteiger partial charge on any atom is -0.508 e. The number of quaternary nitrogens is 1. The van der Waals surface area contributed by atoms with Crippen LogP contribution in [0.2, 0.25) is 0 Å². The Hall–Kier alpha value is -4.95. The number of hydrogen-bond acceptors (Lipinski definition) is 7. The van der Waals surface area contributed by atoms with Gasteiger partial charge in [-0.05, 0) is 66.9 Å². The lowest BCUT2D eigenvalue weighted by atomic mass is 9.96. The van der Waals surface area contributed by atoms with Crippen molar-refractivity contribution in [2.75, 3.05) is 25.5 Å². The first-order valence-electron chi connectivity index (χ1n) is 14.7. The molecule has 0 aliphatic carbocycles. The molecule has 0 spiro atoms. The molecule has 14 heteroatoms. The van der Waals surface area contributed by atoms with Gasteiger partial charge < -0.3 is 34.7 Å². The third-order valence-electron chi connectivity index (χ3n) is 8.08. The summed E-state index contributed by atoms with van der Waals surface area (Å²) in [5.41, 5.74) is 7.95. The Morgan fingerprint density at radius 3 is 2.41 bits per heavy atom. The number of rotatable bonds is 11. The summed E-state index contributed by atoms with van der Waals surface area (Å²) < 4.78 is 44.1. The quantitative estimate of drug-likeness (QED) is 0.141. The van der Waals surface area contributed by atoms with Crippen LogP contribution in [0, 0.1) is 5.82 Å². The highest BCUT2D eigenvalue weighted by molar-refractivity contribution is 7.87. The average molecular weight is 652 g/mol. The molecule has 1 saturated heterocycles. The van der Waals surface area contributed by atoms with Gasteiger partial charge in [0.15, 0.2) is 5.03 Å². The molecule has 0 saturated carbocycles. The highest BCUT2D eigenvalue weighted by atomic mass is 32.2. The number of nitrogens with two attached hydrogens (primary N) is 1. The zero-order chi connectivity index (χ0) is 32.9. The number of likely N-dealkylation sites (tertiary alicyclic amines) is 1. The minimum absolute atomic E-state index is 0.0212. The Morgan fingerprint density at radius 2 is 1.78 bits per heavy atom. The lowest BCUT2D eigenvalue weighted by Crippen LogP contribution is -2.62. The Labute approximate surface area is 266 Å². The number of carbonyl (C=O) groups is 2. The van der Waals surface area contributed by atoms with E-state index in [2.05, 4.69) is 22.3 Å². The summed E-state index contributed by atoms with van der Waals surface area (Å²) in [6, 6.07) is 16.5. The number of amides is 3. The van der Waals surface area contributed by atoms with Gasteiger partial charge in [-0.15, -0.1) is 0 Å². The van der Waals surface area contributed by atoms with Gasteiger partial charge in [0.25, 0.3) is 0 Å². The summed E-state index contributed by atoms with van der Waals surface area (Å²) in [4.78, 5) is 34.7. The number of aromatic nitrogens is 2. The number of hydrogen-bond donors (Lipinski definition) is 4. The summed E-state index contributed by atoms with van der Waals surface area (Å²) in [5.74, 6) is -0.912. The van der Waals surface area contributed by atoms with E-state index in [1.165, 1.54) is 59.8 Å². The Morgan fingerprint density at radius 1 is 1.11 bits per heavy atom. The van der Waals surface area contributed by atoms with Crippen LogP contribution >= 0.6 is 0 Å². The SMILES string of the molecule is C[N+]1(Cc2ccc(F)cc2)CCC[C@H](N(C(=O)Nc2ccc(OS(=O)(=O)c3cnc[nH]3)cc2)[C@@H](Cc2ccc(O)cc2)C(N)=O)C1. The normalized spacial score (nSPS) is 18.8. The van der Waals surface area contributed by atoms with Crippen molar-refractivity contribution in [2.24, 2.45) is 5.73 Å². The van der Waals surface area contributed by atoms with E-state index in [4.69, 9.17) is 9.92 Å². The molecule has 1 unspecified atom stereocenters. The predicted molar refractivity (Wildman–Crippen MR) is 168 cm³/mol. The molecule has 3 aromatic carbocycles. The summed E-state index contributed by atoms with van der Waals surface area (Å²) in [6.07, 6.45) is 3.87. The molecule has 4 aromatic rings. The van der Waals surface area contributed by atoms with Gasteiger partial charge in [-0.3, -0.25) is 4.79 Å². The molecular weight excluding hydrogens is 615 g/mol. The standard InChI is InChI=1S/C32H35FN6O6S/c1-39(19-23-4-8-24(33)9-5-23)16-2-3-26(20-39)38(29(31(34)41)17-22-6-12-27(40)13-7-22)32(42)37-25-10-14-28(15-11-25)45-46(43,44)30-18-35-21-36-30/h4-15,18,21,26,29H,2-3,16-17,19-20H2,1H3,(H4-,34,35,36,37,40,41,42)/p+1/t26-,29-,39?/m0/s1. The second-order valence-electron chi connectivity index (χ2n) is 11.7. The van der Waals surface area contributed by atoms with Gasteiger partial charge in [-0.1, -0.05) is 24.3 Å². The fourth-order valence-electron chi connectivity index (χ4n) is 5.89. The fourth-order valence-corrected chi connectivity index (χ4v) is 6.73. The number of phenols is 1. The van der Waals surface area contributed by atoms with Gasteiger partial charge in [0.2, 0.25) is 5.91 Å². The van der Waals surface area contributed by atoms with Gasteiger partial charge in [-0.2, -0.15) is 8.42 Å². The number of primary amides is 1. The summed E-state index contributed by atoms with van der Waals surface area (Å²) in [7, 11) is -2.05. The number of aromatic amines is 1. The number of urea groups is 1.